The van der Waals surface area contributed by atoms with Crippen LogP contribution in [0.4, 0.5) is 11.4 Å². The lowest BCUT2D eigenvalue weighted by Gasteiger charge is -2.27. The average molecular weight is 477 g/mol. The van der Waals surface area contributed by atoms with E-state index in [0.717, 1.165) is 17.7 Å². The van der Waals surface area contributed by atoms with Gasteiger partial charge >= 0.3 is 0 Å². The lowest BCUT2D eigenvalue weighted by atomic mass is 10.1. The largest absolute Gasteiger partial charge is 0.494 e. The molecule has 35 heavy (non-hydrogen) atoms. The van der Waals surface area contributed by atoms with Crippen molar-refractivity contribution < 1.29 is 28.3 Å². The maximum Gasteiger partial charge on any atom is 0.294 e. The molecular formula is C27H28N2O6. The number of nitrogens with zero attached hydrogens (tertiary/aromatic N) is 2. The van der Waals surface area contributed by atoms with Crippen LogP contribution in [-0.2, 0) is 9.59 Å². The minimum absolute atomic E-state index is 0.0763. The predicted molar refractivity (Wildman–Crippen MR) is 131 cm³/mol. The molecule has 3 aromatic rings. The first-order chi connectivity index (χ1) is 17.0. The summed E-state index contributed by atoms with van der Waals surface area (Å²) >= 11 is 0. The van der Waals surface area contributed by atoms with E-state index in [1.165, 1.54) is 17.2 Å². The van der Waals surface area contributed by atoms with Crippen LogP contribution in [0, 0.1) is 0 Å². The third kappa shape index (κ3) is 5.21. The minimum Gasteiger partial charge on any atom is -0.494 e. The van der Waals surface area contributed by atoms with Crippen LogP contribution in [0.3, 0.4) is 0 Å². The van der Waals surface area contributed by atoms with Crippen molar-refractivity contribution in [2.24, 2.45) is 0 Å². The molecule has 8 heteroatoms. The molecule has 0 radical (unpaired) electrons. The number of carbonyl (C=O) groups excluding carboxylic acids is 3. The van der Waals surface area contributed by atoms with Gasteiger partial charge in [0.2, 0.25) is 5.91 Å². The van der Waals surface area contributed by atoms with Gasteiger partial charge in [-0.3, -0.25) is 19.3 Å². The molecule has 1 aliphatic heterocycles. The van der Waals surface area contributed by atoms with E-state index < -0.39 is 17.9 Å². The van der Waals surface area contributed by atoms with Crippen LogP contribution >= 0.6 is 0 Å². The van der Waals surface area contributed by atoms with Gasteiger partial charge in [-0.25, -0.2) is 4.90 Å². The molecule has 3 amide bonds. The number of benzene rings is 2. The highest BCUT2D eigenvalue weighted by Crippen LogP contribution is 2.32. The van der Waals surface area contributed by atoms with Crippen LogP contribution in [0.5, 0.6) is 11.5 Å². The van der Waals surface area contributed by atoms with E-state index in [4.69, 9.17) is 13.9 Å². The number of ether oxygens (including phenoxy) is 2. The first kappa shape index (κ1) is 24.1. The Hall–Kier alpha value is -4.07. The predicted octanol–water partition coefficient (Wildman–Crippen LogP) is 4.84. The molecule has 0 saturated carbocycles. The molecule has 182 valence electrons. The Balaban J connectivity index is 1.63. The molecule has 0 N–H and O–H groups in total. The van der Waals surface area contributed by atoms with Crippen molar-refractivity contribution in [2.75, 3.05) is 23.0 Å². The third-order valence-corrected chi connectivity index (χ3v) is 5.54. The molecule has 4 rings (SSSR count). The highest BCUT2D eigenvalue weighted by Gasteiger charge is 2.45. The number of furan rings is 1. The second-order valence-electron chi connectivity index (χ2n) is 8.12. The standard InChI is InChI=1S/C27H28N2O6/c1-3-15-33-21-11-7-19(8-12-21)28(27(32)24-6-5-17-35-24)23-18-25(30)29(26(23)31)20-9-13-22(14-10-20)34-16-4-2/h5-14,17,23H,3-4,15-16,18H2,1-2H3/t23-/m0/s1. The van der Waals surface area contributed by atoms with E-state index in [-0.39, 0.29) is 18.1 Å². The fraction of sp³-hybridized carbons (Fsp3) is 0.296. The first-order valence-electron chi connectivity index (χ1n) is 11.7. The average Bonchev–Trinajstić information content (AvgIpc) is 3.51. The summed E-state index contributed by atoms with van der Waals surface area (Å²) in [6.07, 6.45) is 2.99. The molecule has 1 atom stereocenters. The Bertz CT molecular complexity index is 1160. The lowest BCUT2D eigenvalue weighted by molar-refractivity contribution is -0.121. The molecular weight excluding hydrogens is 448 g/mol. The van der Waals surface area contributed by atoms with Gasteiger partial charge in [-0.15, -0.1) is 0 Å². The number of amides is 3. The molecule has 1 aliphatic rings. The zero-order valence-electron chi connectivity index (χ0n) is 19.8. The fourth-order valence-electron chi connectivity index (χ4n) is 3.88. The number of hydrogen-bond donors (Lipinski definition) is 0. The maximum atomic E-state index is 13.5. The molecule has 1 aromatic heterocycles. The van der Waals surface area contributed by atoms with Gasteiger partial charge < -0.3 is 13.9 Å². The molecule has 0 spiro atoms. The number of anilines is 2. The van der Waals surface area contributed by atoms with E-state index in [1.807, 2.05) is 13.8 Å². The van der Waals surface area contributed by atoms with Crippen molar-refractivity contribution in [1.82, 2.24) is 0 Å². The van der Waals surface area contributed by atoms with Crippen LogP contribution in [-0.4, -0.2) is 37.0 Å². The lowest BCUT2D eigenvalue weighted by Crippen LogP contribution is -2.45. The summed E-state index contributed by atoms with van der Waals surface area (Å²) in [4.78, 5) is 42.3. The van der Waals surface area contributed by atoms with E-state index in [9.17, 15) is 14.4 Å². The van der Waals surface area contributed by atoms with Crippen LogP contribution in [0.1, 0.15) is 43.7 Å². The molecule has 1 fully saturated rings. The number of hydrogen-bond acceptors (Lipinski definition) is 6. The van der Waals surface area contributed by atoms with E-state index in [2.05, 4.69) is 0 Å². The van der Waals surface area contributed by atoms with Crippen LogP contribution in [0.15, 0.2) is 71.3 Å². The fourth-order valence-corrected chi connectivity index (χ4v) is 3.88. The molecule has 1 saturated heterocycles. The van der Waals surface area contributed by atoms with Gasteiger partial charge in [-0.1, -0.05) is 13.8 Å². The van der Waals surface area contributed by atoms with Gasteiger partial charge in [0.1, 0.15) is 17.5 Å². The van der Waals surface area contributed by atoms with Crippen LogP contribution in [0.25, 0.3) is 0 Å². The van der Waals surface area contributed by atoms with E-state index >= 15 is 0 Å². The van der Waals surface area contributed by atoms with Crippen molar-refractivity contribution in [2.45, 2.75) is 39.2 Å². The van der Waals surface area contributed by atoms with Crippen LogP contribution < -0.4 is 19.3 Å². The number of rotatable bonds is 10. The highest BCUT2D eigenvalue weighted by atomic mass is 16.5. The molecule has 2 heterocycles. The molecule has 0 bridgehead atoms. The van der Waals surface area contributed by atoms with Crippen molar-refractivity contribution >= 4 is 29.1 Å². The topological polar surface area (TPSA) is 89.3 Å². The summed E-state index contributed by atoms with van der Waals surface area (Å²) in [6, 6.07) is 15.8. The number of imide groups is 1. The van der Waals surface area contributed by atoms with Crippen molar-refractivity contribution in [3.63, 3.8) is 0 Å². The summed E-state index contributed by atoms with van der Waals surface area (Å²) in [5.41, 5.74) is 0.895. The third-order valence-electron chi connectivity index (χ3n) is 5.54. The minimum atomic E-state index is -1.02. The second-order valence-corrected chi connectivity index (χ2v) is 8.12. The van der Waals surface area contributed by atoms with Crippen molar-refractivity contribution in [1.29, 1.82) is 0 Å². The zero-order chi connectivity index (χ0) is 24.8. The van der Waals surface area contributed by atoms with Gasteiger partial charge in [0.25, 0.3) is 11.8 Å². The van der Waals surface area contributed by atoms with Gasteiger partial charge in [0, 0.05) is 5.69 Å². The highest BCUT2D eigenvalue weighted by molar-refractivity contribution is 6.25. The van der Waals surface area contributed by atoms with Crippen molar-refractivity contribution in [3.05, 3.63) is 72.7 Å². The Morgan fingerprint density at radius 3 is 2.09 bits per heavy atom. The summed E-state index contributed by atoms with van der Waals surface area (Å²) in [6.45, 7) is 5.17. The van der Waals surface area contributed by atoms with E-state index in [0.29, 0.717) is 36.1 Å². The molecule has 0 unspecified atom stereocenters. The van der Waals surface area contributed by atoms with Gasteiger partial charge in [-0.05, 0) is 73.5 Å². The summed E-state index contributed by atoms with van der Waals surface area (Å²) in [5, 5.41) is 0. The Labute approximate surface area is 204 Å². The first-order valence-corrected chi connectivity index (χ1v) is 11.7. The monoisotopic (exact) mass is 476 g/mol. The SMILES string of the molecule is CCCOc1ccc(N2C(=O)C[C@H](N(C(=O)c3ccco3)c3ccc(OCCC)cc3)C2=O)cc1. The quantitative estimate of drug-likeness (QED) is 0.389. The summed E-state index contributed by atoms with van der Waals surface area (Å²) in [7, 11) is 0. The number of carbonyl (C=O) groups is 3. The zero-order valence-corrected chi connectivity index (χ0v) is 19.8. The van der Waals surface area contributed by atoms with E-state index in [1.54, 1.807) is 54.6 Å². The second kappa shape index (κ2) is 10.9. The van der Waals surface area contributed by atoms with Gasteiger partial charge in [0.15, 0.2) is 5.76 Å². The molecule has 2 aromatic carbocycles. The van der Waals surface area contributed by atoms with Crippen LogP contribution in [0.2, 0.25) is 0 Å². The Morgan fingerprint density at radius 2 is 1.54 bits per heavy atom. The molecule has 0 aliphatic carbocycles. The van der Waals surface area contributed by atoms with Gasteiger partial charge in [0.05, 0.1) is 31.6 Å². The normalized spacial score (nSPS) is 15.4. The molecule has 8 nitrogen and oxygen atoms in total. The smallest absolute Gasteiger partial charge is 0.294 e. The summed E-state index contributed by atoms with van der Waals surface area (Å²) < 4.78 is 16.5. The Morgan fingerprint density at radius 1 is 0.943 bits per heavy atom. The van der Waals surface area contributed by atoms with Gasteiger partial charge in [-0.2, -0.15) is 0 Å². The summed E-state index contributed by atoms with van der Waals surface area (Å²) in [5.74, 6) is 0.0138. The van der Waals surface area contributed by atoms with Crippen molar-refractivity contribution in [3.8, 4) is 11.5 Å². The maximum absolute atomic E-state index is 13.5. The Kier molecular flexibility index (Phi) is 7.50.